The van der Waals surface area contributed by atoms with E-state index in [4.69, 9.17) is 9.15 Å². The summed E-state index contributed by atoms with van der Waals surface area (Å²) in [6.07, 6.45) is 0.435. The van der Waals surface area contributed by atoms with Gasteiger partial charge in [-0.1, -0.05) is 0 Å². The molecule has 4 heterocycles. The van der Waals surface area contributed by atoms with E-state index in [0.29, 0.717) is 23.5 Å². The van der Waals surface area contributed by atoms with Gasteiger partial charge in [0.25, 0.3) is 0 Å². The summed E-state index contributed by atoms with van der Waals surface area (Å²) < 4.78 is 26.5. The first-order valence-electron chi connectivity index (χ1n) is 10.3. The Kier molecular flexibility index (Phi) is 4.30. The summed E-state index contributed by atoms with van der Waals surface area (Å²) in [6, 6.07) is 2.35. The highest BCUT2D eigenvalue weighted by Crippen LogP contribution is 2.48. The molecule has 1 unspecified atom stereocenters. The van der Waals surface area contributed by atoms with E-state index in [1.807, 2.05) is 11.8 Å². The number of anilines is 1. The van der Waals surface area contributed by atoms with Crippen molar-refractivity contribution >= 4 is 23.3 Å². The third kappa shape index (κ3) is 2.83. The summed E-state index contributed by atoms with van der Waals surface area (Å²) in [5, 5.41) is 2.34. The van der Waals surface area contributed by atoms with Crippen LogP contribution in [0.3, 0.4) is 0 Å². The van der Waals surface area contributed by atoms with Crippen LogP contribution in [0.5, 0.6) is 0 Å². The number of oxazole rings is 1. The normalized spacial score (nSPS) is 30.3. The predicted octanol–water partition coefficient (Wildman–Crippen LogP) is 1.93. The Balaban J connectivity index is 1.71. The molecule has 0 radical (unpaired) electrons. The standard InChI is InChI=1S/C22H22FN3O5/c1-10-9-30-20(24-10)14-4-13-7-22(17(27)6-18(28)25-21(22)29)19-12(3)31-11(2)8-26(19)16(13)5-15(14)23/h4-5,9,11-12,19H,6-8H2,1-3H3,(H,25,28,29)/t11-,12+,19-,22?/m1/s1. The fraction of sp³-hybridized carbons (Fsp3) is 0.455. The molecular formula is C22H22FN3O5. The van der Waals surface area contributed by atoms with Gasteiger partial charge in [-0.2, -0.15) is 0 Å². The number of nitrogens with zero attached hydrogens (tertiary/aromatic N) is 2. The number of nitrogens with one attached hydrogen (secondary N) is 1. The molecule has 9 heteroatoms. The van der Waals surface area contributed by atoms with Gasteiger partial charge in [0.2, 0.25) is 17.7 Å². The molecule has 5 rings (SSSR count). The van der Waals surface area contributed by atoms with E-state index in [2.05, 4.69) is 10.3 Å². The Morgan fingerprint density at radius 1 is 1.26 bits per heavy atom. The number of amides is 2. The quantitative estimate of drug-likeness (QED) is 0.548. The van der Waals surface area contributed by atoms with E-state index in [0.717, 1.165) is 0 Å². The zero-order valence-electron chi connectivity index (χ0n) is 17.4. The number of carbonyl (C=O) groups is 3. The van der Waals surface area contributed by atoms with Crippen LogP contribution >= 0.6 is 0 Å². The van der Waals surface area contributed by atoms with Gasteiger partial charge in [-0.05, 0) is 44.9 Å². The van der Waals surface area contributed by atoms with Crippen LogP contribution in [0.25, 0.3) is 11.5 Å². The Bertz CT molecular complexity index is 1110. The maximum atomic E-state index is 15.1. The topological polar surface area (TPSA) is 102 Å². The number of rotatable bonds is 1. The number of benzene rings is 1. The third-order valence-corrected chi connectivity index (χ3v) is 6.46. The first-order valence-corrected chi connectivity index (χ1v) is 10.3. The fourth-order valence-corrected chi connectivity index (χ4v) is 5.30. The van der Waals surface area contributed by atoms with Crippen LogP contribution in [0.1, 0.15) is 31.5 Å². The number of ketones is 1. The average molecular weight is 427 g/mol. The molecule has 162 valence electrons. The molecule has 2 saturated heterocycles. The van der Waals surface area contributed by atoms with Gasteiger partial charge in [-0.15, -0.1) is 0 Å². The molecule has 2 amide bonds. The van der Waals surface area contributed by atoms with Crippen LogP contribution in [-0.2, 0) is 25.5 Å². The lowest BCUT2D eigenvalue weighted by Gasteiger charge is -2.55. The summed E-state index contributed by atoms with van der Waals surface area (Å²) in [6.45, 7) is 5.81. The molecule has 0 bridgehead atoms. The van der Waals surface area contributed by atoms with Gasteiger partial charge < -0.3 is 14.1 Å². The summed E-state index contributed by atoms with van der Waals surface area (Å²) in [5.74, 6) is -2.04. The number of aromatic nitrogens is 1. The fourth-order valence-electron chi connectivity index (χ4n) is 5.30. The minimum atomic E-state index is -1.50. The van der Waals surface area contributed by atoms with Crippen molar-refractivity contribution in [2.45, 2.75) is 51.9 Å². The van der Waals surface area contributed by atoms with Crippen molar-refractivity contribution < 1.29 is 27.9 Å². The summed E-state index contributed by atoms with van der Waals surface area (Å²) in [5.41, 5.74) is 0.513. The lowest BCUT2D eigenvalue weighted by Crippen LogP contribution is -2.72. The number of aryl methyl sites for hydroxylation is 1. The van der Waals surface area contributed by atoms with Crippen LogP contribution in [-0.4, -0.2) is 47.4 Å². The molecule has 4 atom stereocenters. The van der Waals surface area contributed by atoms with Gasteiger partial charge in [0.1, 0.15) is 17.5 Å². The van der Waals surface area contributed by atoms with Crippen molar-refractivity contribution in [3.8, 4) is 11.5 Å². The number of fused-ring (bicyclic) bond motifs is 4. The minimum Gasteiger partial charge on any atom is -0.444 e. The van der Waals surface area contributed by atoms with Crippen LogP contribution in [0.15, 0.2) is 22.8 Å². The summed E-state index contributed by atoms with van der Waals surface area (Å²) in [4.78, 5) is 44.4. The monoisotopic (exact) mass is 427 g/mol. The van der Waals surface area contributed by atoms with Crippen molar-refractivity contribution in [2.75, 3.05) is 11.4 Å². The van der Waals surface area contributed by atoms with E-state index >= 15 is 4.39 Å². The summed E-state index contributed by atoms with van der Waals surface area (Å²) >= 11 is 0. The zero-order valence-corrected chi connectivity index (χ0v) is 17.4. The Morgan fingerprint density at radius 3 is 2.71 bits per heavy atom. The number of halogens is 1. The second kappa shape index (κ2) is 6.71. The van der Waals surface area contributed by atoms with E-state index in [-0.39, 0.29) is 30.4 Å². The van der Waals surface area contributed by atoms with Gasteiger partial charge in [0.15, 0.2) is 5.78 Å². The number of piperidine rings is 1. The number of carbonyl (C=O) groups excluding carboxylic acids is 3. The lowest BCUT2D eigenvalue weighted by atomic mass is 9.63. The van der Waals surface area contributed by atoms with Crippen molar-refractivity contribution in [3.63, 3.8) is 0 Å². The highest BCUT2D eigenvalue weighted by Gasteiger charge is 2.62. The molecule has 2 fully saturated rings. The number of morpholine rings is 1. The van der Waals surface area contributed by atoms with Crippen molar-refractivity contribution in [1.82, 2.24) is 10.3 Å². The molecule has 1 spiro atoms. The van der Waals surface area contributed by atoms with Gasteiger partial charge in [0, 0.05) is 12.2 Å². The Hall–Kier alpha value is -3.07. The summed E-state index contributed by atoms with van der Waals surface area (Å²) in [7, 11) is 0. The maximum Gasteiger partial charge on any atom is 0.242 e. The Labute approximate surface area is 177 Å². The third-order valence-electron chi connectivity index (χ3n) is 6.46. The minimum absolute atomic E-state index is 0.0382. The molecular weight excluding hydrogens is 405 g/mol. The van der Waals surface area contributed by atoms with Gasteiger partial charge in [-0.25, -0.2) is 9.37 Å². The number of Topliss-reactive ketones (excluding diaryl/α,β-unsaturated/α-hetero) is 1. The molecule has 0 saturated carbocycles. The molecule has 3 aliphatic heterocycles. The zero-order chi connectivity index (χ0) is 22.1. The maximum absolute atomic E-state index is 15.1. The predicted molar refractivity (Wildman–Crippen MR) is 107 cm³/mol. The molecule has 1 aromatic heterocycles. The molecule has 1 N–H and O–H groups in total. The number of ether oxygens (including phenoxy) is 1. The van der Waals surface area contributed by atoms with Gasteiger partial charge in [-0.3, -0.25) is 19.7 Å². The van der Waals surface area contributed by atoms with E-state index in [9.17, 15) is 14.4 Å². The average Bonchev–Trinajstić information content (AvgIpc) is 3.11. The van der Waals surface area contributed by atoms with Gasteiger partial charge >= 0.3 is 0 Å². The first kappa shape index (κ1) is 19.9. The smallest absolute Gasteiger partial charge is 0.242 e. The van der Waals surface area contributed by atoms with Crippen LogP contribution in [0.4, 0.5) is 10.1 Å². The SMILES string of the molecule is Cc1coc(-c2cc3c(cc2F)N2C[C@@H](C)O[C@@H](C)[C@@H]2C2(C3)C(=O)CC(=O)NC2=O)n1. The van der Waals surface area contributed by atoms with E-state index in [1.165, 1.54) is 12.3 Å². The van der Waals surface area contributed by atoms with Crippen LogP contribution in [0, 0.1) is 18.2 Å². The van der Waals surface area contributed by atoms with E-state index < -0.39 is 41.0 Å². The highest BCUT2D eigenvalue weighted by molar-refractivity contribution is 6.22. The number of hydrogen-bond donors (Lipinski definition) is 1. The second-order valence-electron chi connectivity index (χ2n) is 8.63. The van der Waals surface area contributed by atoms with E-state index in [1.54, 1.807) is 19.9 Å². The largest absolute Gasteiger partial charge is 0.444 e. The van der Waals surface area contributed by atoms with Crippen molar-refractivity contribution in [3.05, 3.63) is 35.5 Å². The van der Waals surface area contributed by atoms with Gasteiger partial charge in [0.05, 0.1) is 35.9 Å². The molecule has 8 nitrogen and oxygen atoms in total. The molecule has 31 heavy (non-hydrogen) atoms. The second-order valence-corrected chi connectivity index (χ2v) is 8.63. The molecule has 1 aromatic carbocycles. The Morgan fingerprint density at radius 2 is 2.03 bits per heavy atom. The highest BCUT2D eigenvalue weighted by atomic mass is 19.1. The van der Waals surface area contributed by atoms with Crippen molar-refractivity contribution in [1.29, 1.82) is 0 Å². The molecule has 2 aromatic rings. The van der Waals surface area contributed by atoms with Crippen LogP contribution < -0.4 is 10.2 Å². The number of hydrogen-bond acceptors (Lipinski definition) is 7. The number of imide groups is 1. The first-order chi connectivity index (χ1) is 14.7. The van der Waals surface area contributed by atoms with Crippen molar-refractivity contribution in [2.24, 2.45) is 5.41 Å². The van der Waals surface area contributed by atoms with Crippen LogP contribution in [0.2, 0.25) is 0 Å². The molecule has 3 aliphatic rings. The molecule has 0 aliphatic carbocycles. The lowest BCUT2D eigenvalue weighted by molar-refractivity contribution is -0.158.